The fourth-order valence-corrected chi connectivity index (χ4v) is 11.8. The SMILES string of the molecule is CC.CC.CC.CC.CC.CC.CC.Cc1c2ccccc2c(C)c2ccccc12.Cc1ccc(C)c2cc3ccccc3cc12.Cc1ccc(N(c2ccccc2)c2ccc(C)cc2)cc1.Cc1ccc2cc3cc(C)ccc3cc2c1.Cc1ccc2cc3ccc(C)cc3cc2c1. The van der Waals surface area contributed by atoms with Crippen molar-refractivity contribution >= 4 is 103 Å². The summed E-state index contributed by atoms with van der Waals surface area (Å²) in [7, 11) is 0. The molecule has 15 rings (SSSR count). The largest absolute Gasteiger partial charge is 0.311 e. The molecule has 1 heteroatoms. The van der Waals surface area contributed by atoms with Gasteiger partial charge in [-0.05, 0) is 250 Å². The highest BCUT2D eigenvalue weighted by atomic mass is 15.1. The Morgan fingerprint density at radius 2 is 0.384 bits per heavy atom. The predicted molar refractivity (Wildman–Crippen MR) is 454 cm³/mol. The zero-order valence-corrected chi connectivity index (χ0v) is 64.9. The second-order valence-corrected chi connectivity index (χ2v) is 23.2. The zero-order chi connectivity index (χ0) is 73.1. The van der Waals surface area contributed by atoms with E-state index in [2.05, 4.69) is 341 Å². The molecule has 0 amide bonds. The fraction of sp³-hybridized carbons (Fsp3) is 0.245. The Labute approximate surface area is 599 Å². The van der Waals surface area contributed by atoms with E-state index in [1.165, 1.54) is 159 Å². The van der Waals surface area contributed by atoms with Crippen LogP contribution in [0.1, 0.15) is 153 Å². The summed E-state index contributed by atoms with van der Waals surface area (Å²) >= 11 is 0. The highest BCUT2D eigenvalue weighted by molar-refractivity contribution is 6.06. The number of aryl methyl sites for hydroxylation is 10. The Morgan fingerprint density at radius 1 is 0.162 bits per heavy atom. The molecule has 0 atom stereocenters. The third kappa shape index (κ3) is 22.1. The maximum Gasteiger partial charge on any atom is 0.0461 e. The van der Waals surface area contributed by atoms with Crippen LogP contribution in [0.2, 0.25) is 0 Å². The van der Waals surface area contributed by atoms with Gasteiger partial charge in [0.25, 0.3) is 0 Å². The molecule has 0 fully saturated rings. The number of hydrogen-bond acceptors (Lipinski definition) is 1. The summed E-state index contributed by atoms with van der Waals surface area (Å²) in [5.41, 5.74) is 16.8. The molecule has 0 bridgehead atoms. The van der Waals surface area contributed by atoms with Crippen molar-refractivity contribution in [2.24, 2.45) is 0 Å². The van der Waals surface area contributed by atoms with Gasteiger partial charge in [0.15, 0.2) is 0 Å². The lowest BCUT2D eigenvalue weighted by Crippen LogP contribution is -2.09. The van der Waals surface area contributed by atoms with Crippen molar-refractivity contribution in [1.82, 2.24) is 0 Å². The van der Waals surface area contributed by atoms with E-state index >= 15 is 0 Å². The van der Waals surface area contributed by atoms with Crippen LogP contribution >= 0.6 is 0 Å². The average molecular weight is 1310 g/mol. The van der Waals surface area contributed by atoms with Gasteiger partial charge in [0.1, 0.15) is 0 Å². The molecule has 0 aliphatic carbocycles. The first-order chi connectivity index (χ1) is 48.2. The first kappa shape index (κ1) is 81.6. The van der Waals surface area contributed by atoms with E-state index in [-0.39, 0.29) is 0 Å². The average Bonchev–Trinajstić information content (AvgIpc) is 0.785. The van der Waals surface area contributed by atoms with Crippen LogP contribution in [0.4, 0.5) is 17.1 Å². The third-order valence-electron chi connectivity index (χ3n) is 16.6. The molecular formula is C98H117N. The second kappa shape index (κ2) is 42.8. The summed E-state index contributed by atoms with van der Waals surface area (Å²) < 4.78 is 0. The molecule has 0 aliphatic heterocycles. The van der Waals surface area contributed by atoms with Crippen molar-refractivity contribution in [2.45, 2.75) is 166 Å². The Hall–Kier alpha value is -9.82. The molecule has 0 saturated carbocycles. The van der Waals surface area contributed by atoms with Crippen LogP contribution in [0.25, 0.3) is 86.2 Å². The van der Waals surface area contributed by atoms with Crippen molar-refractivity contribution in [3.05, 3.63) is 329 Å². The van der Waals surface area contributed by atoms with Gasteiger partial charge in [-0.25, -0.2) is 0 Å². The van der Waals surface area contributed by atoms with Crippen molar-refractivity contribution in [1.29, 1.82) is 0 Å². The summed E-state index contributed by atoms with van der Waals surface area (Å²) in [6.45, 7) is 49.6. The molecular weight excluding hydrogens is 1190 g/mol. The molecule has 0 saturated heterocycles. The van der Waals surface area contributed by atoms with E-state index in [1.807, 2.05) is 103 Å². The first-order valence-electron chi connectivity index (χ1n) is 36.8. The topological polar surface area (TPSA) is 3.24 Å². The van der Waals surface area contributed by atoms with Crippen molar-refractivity contribution in [3.8, 4) is 0 Å². The number of rotatable bonds is 3. The summed E-state index contributed by atoms with van der Waals surface area (Å²) in [5.74, 6) is 0. The Bertz CT molecular complexity index is 4510. The van der Waals surface area contributed by atoms with Crippen molar-refractivity contribution in [3.63, 3.8) is 0 Å². The number of hydrogen-bond donors (Lipinski definition) is 0. The third-order valence-corrected chi connectivity index (χ3v) is 16.6. The molecule has 0 unspecified atom stereocenters. The minimum atomic E-state index is 1.17. The molecule has 0 spiro atoms. The number of para-hydroxylation sites is 1. The molecule has 0 aliphatic rings. The first-order valence-corrected chi connectivity index (χ1v) is 36.8. The Morgan fingerprint density at radius 3 is 0.677 bits per heavy atom. The monoisotopic (exact) mass is 1310 g/mol. The van der Waals surface area contributed by atoms with Gasteiger partial charge in [0.2, 0.25) is 0 Å². The molecule has 0 heterocycles. The minimum absolute atomic E-state index is 1.17. The van der Waals surface area contributed by atoms with Gasteiger partial charge in [-0.3, -0.25) is 0 Å². The predicted octanol–water partition coefficient (Wildman–Crippen LogP) is 31.4. The molecule has 0 N–H and O–H groups in total. The standard InChI is InChI=1S/C20H19N.4C16H14.7C2H6/c1-16-8-12-19(13-9-16)21(18-6-4-3-5-7-18)20-14-10-17(2)11-15-20;1-11-3-5-13-10-16-8-12(2)4-6-14(16)9-15(13)7-11;1-11-3-5-13-9-14-6-4-12(2)8-16(14)10-15(13)7-11;1-11-13-7-3-5-9-15(13)12(2)16-10-6-4-8-14(11)16;1-11-7-8-12(2)16-10-14-6-4-3-5-13(14)9-15(11)16;7*1-2/h3-15H,1-2H3;4*3-10H,1-2H3;7*1-2H3. The Kier molecular flexibility index (Phi) is 35.3. The summed E-state index contributed by atoms with van der Waals surface area (Å²) in [5, 5.41) is 21.5. The maximum absolute atomic E-state index is 2.30. The van der Waals surface area contributed by atoms with Crippen LogP contribution < -0.4 is 4.90 Å². The summed E-state index contributed by atoms with van der Waals surface area (Å²) in [4.78, 5) is 2.28. The normalized spacial score (nSPS) is 9.82. The van der Waals surface area contributed by atoms with Gasteiger partial charge in [-0.1, -0.05) is 331 Å². The number of anilines is 3. The quantitative estimate of drug-likeness (QED) is 0.159. The fourth-order valence-electron chi connectivity index (χ4n) is 11.8. The minimum Gasteiger partial charge on any atom is -0.311 e. The van der Waals surface area contributed by atoms with Gasteiger partial charge >= 0.3 is 0 Å². The number of benzene rings is 15. The van der Waals surface area contributed by atoms with Crippen LogP contribution in [0.5, 0.6) is 0 Å². The van der Waals surface area contributed by atoms with E-state index < -0.39 is 0 Å². The maximum atomic E-state index is 2.30. The van der Waals surface area contributed by atoms with Crippen LogP contribution in [0, 0.1) is 69.2 Å². The van der Waals surface area contributed by atoms with E-state index in [4.69, 9.17) is 0 Å². The lowest BCUT2D eigenvalue weighted by molar-refractivity contribution is 1.27. The van der Waals surface area contributed by atoms with Crippen LogP contribution in [0.15, 0.2) is 273 Å². The molecule has 99 heavy (non-hydrogen) atoms. The highest BCUT2D eigenvalue weighted by Crippen LogP contribution is 2.36. The summed E-state index contributed by atoms with van der Waals surface area (Å²) in [6, 6.07) is 98.2. The smallest absolute Gasteiger partial charge is 0.0461 e. The lowest BCUT2D eigenvalue weighted by atomic mass is 9.93. The lowest BCUT2D eigenvalue weighted by Gasteiger charge is -2.25. The van der Waals surface area contributed by atoms with Gasteiger partial charge < -0.3 is 4.90 Å². The van der Waals surface area contributed by atoms with E-state index in [0.29, 0.717) is 0 Å². The van der Waals surface area contributed by atoms with E-state index in [0.717, 1.165) is 0 Å². The van der Waals surface area contributed by atoms with Gasteiger partial charge in [-0.2, -0.15) is 0 Å². The van der Waals surface area contributed by atoms with E-state index in [9.17, 15) is 0 Å². The van der Waals surface area contributed by atoms with Crippen LogP contribution in [-0.4, -0.2) is 0 Å². The summed E-state index contributed by atoms with van der Waals surface area (Å²) in [6.07, 6.45) is 0. The molecule has 0 radical (unpaired) electrons. The van der Waals surface area contributed by atoms with Crippen LogP contribution in [0.3, 0.4) is 0 Å². The molecule has 15 aromatic rings. The highest BCUT2D eigenvalue weighted by Gasteiger charge is 2.12. The van der Waals surface area contributed by atoms with Crippen molar-refractivity contribution < 1.29 is 0 Å². The molecule has 514 valence electrons. The zero-order valence-electron chi connectivity index (χ0n) is 64.9. The van der Waals surface area contributed by atoms with Gasteiger partial charge in [0, 0.05) is 17.1 Å². The van der Waals surface area contributed by atoms with Crippen LogP contribution in [-0.2, 0) is 0 Å². The second-order valence-electron chi connectivity index (χ2n) is 23.2. The van der Waals surface area contributed by atoms with E-state index in [1.54, 1.807) is 0 Å². The van der Waals surface area contributed by atoms with Crippen molar-refractivity contribution in [2.75, 3.05) is 4.90 Å². The van der Waals surface area contributed by atoms with Gasteiger partial charge in [-0.15, -0.1) is 0 Å². The number of fused-ring (bicyclic) bond motifs is 8. The van der Waals surface area contributed by atoms with Gasteiger partial charge in [0.05, 0.1) is 0 Å². The number of nitrogens with zero attached hydrogens (tertiary/aromatic N) is 1. The molecule has 15 aromatic carbocycles. The molecule has 1 nitrogen and oxygen atoms in total. The molecule has 0 aromatic heterocycles. The Balaban J connectivity index is 0.000000252.